The number of hydrogen-bond donors (Lipinski definition) is 2. The molecule has 1 fully saturated rings. The van der Waals surface area contributed by atoms with E-state index in [-0.39, 0.29) is 23.1 Å². The van der Waals surface area contributed by atoms with Gasteiger partial charge < -0.3 is 19.1 Å². The molecule has 0 aromatic rings. The van der Waals surface area contributed by atoms with Crippen LogP contribution in [0, 0.1) is 0 Å². The Morgan fingerprint density at radius 2 is 1.35 bits per heavy atom. The molecule has 0 saturated heterocycles. The standard InChI is InChI=1S/C20H42O4Si2/c1-16-12-13-19(22,15-21)14-20(16,23-25(8,9)17(2,3)4)24-26(10,11)18(5,6)7/h21-22H,1,12-15H2,2-11H3. The summed E-state index contributed by atoms with van der Waals surface area (Å²) in [5.74, 6) is -1.03. The minimum Gasteiger partial charge on any atom is -0.393 e. The lowest BCUT2D eigenvalue weighted by Crippen LogP contribution is -2.62. The van der Waals surface area contributed by atoms with Crippen molar-refractivity contribution in [1.82, 2.24) is 0 Å². The maximum absolute atomic E-state index is 10.9. The lowest BCUT2D eigenvalue weighted by Gasteiger charge is -2.55. The van der Waals surface area contributed by atoms with E-state index < -0.39 is 28.0 Å². The molecule has 0 bridgehead atoms. The van der Waals surface area contributed by atoms with Crippen molar-refractivity contribution in [2.75, 3.05) is 6.61 Å². The molecular formula is C20H42O4Si2. The van der Waals surface area contributed by atoms with Gasteiger partial charge in [-0.15, -0.1) is 0 Å². The predicted molar refractivity (Wildman–Crippen MR) is 114 cm³/mol. The van der Waals surface area contributed by atoms with Crippen LogP contribution in [0.15, 0.2) is 12.2 Å². The Bertz CT molecular complexity index is 501. The van der Waals surface area contributed by atoms with E-state index in [0.29, 0.717) is 12.8 Å². The molecule has 1 rings (SSSR count). The lowest BCUT2D eigenvalue weighted by atomic mass is 9.79. The molecule has 0 aliphatic heterocycles. The van der Waals surface area contributed by atoms with E-state index in [4.69, 9.17) is 8.85 Å². The largest absolute Gasteiger partial charge is 0.393 e. The zero-order chi connectivity index (χ0) is 20.8. The minimum absolute atomic E-state index is 0.00580. The van der Waals surface area contributed by atoms with E-state index in [9.17, 15) is 10.2 Å². The fourth-order valence-electron chi connectivity index (χ4n) is 2.72. The average molecular weight is 403 g/mol. The van der Waals surface area contributed by atoms with Crippen molar-refractivity contribution in [2.45, 2.75) is 108 Å². The summed E-state index contributed by atoms with van der Waals surface area (Å²) in [6, 6.07) is 0. The third-order valence-electron chi connectivity index (χ3n) is 6.74. The molecule has 0 amide bonds. The highest BCUT2D eigenvalue weighted by Gasteiger charge is 2.56. The summed E-state index contributed by atoms with van der Waals surface area (Å²) in [6.45, 7) is 26.0. The van der Waals surface area contributed by atoms with E-state index in [1.807, 2.05) is 0 Å². The molecule has 0 radical (unpaired) electrons. The van der Waals surface area contributed by atoms with E-state index in [0.717, 1.165) is 5.57 Å². The first-order valence-corrected chi connectivity index (χ1v) is 15.5. The van der Waals surface area contributed by atoms with Crippen LogP contribution in [0.5, 0.6) is 0 Å². The van der Waals surface area contributed by atoms with E-state index in [2.05, 4.69) is 74.3 Å². The highest BCUT2D eigenvalue weighted by atomic mass is 28.4. The summed E-state index contributed by atoms with van der Waals surface area (Å²) in [6.07, 6.45) is 1.33. The van der Waals surface area contributed by atoms with Crippen molar-refractivity contribution in [2.24, 2.45) is 0 Å². The SMILES string of the molecule is C=C1CCC(O)(CO)CC1(O[Si](C)(C)C(C)(C)C)O[Si](C)(C)C(C)(C)C. The second kappa shape index (κ2) is 7.12. The molecular weight excluding hydrogens is 360 g/mol. The van der Waals surface area contributed by atoms with Gasteiger partial charge in [0.1, 0.15) is 0 Å². The first-order valence-electron chi connectivity index (χ1n) is 9.73. The van der Waals surface area contributed by atoms with Gasteiger partial charge in [0, 0.05) is 6.42 Å². The van der Waals surface area contributed by atoms with Crippen molar-refractivity contribution in [1.29, 1.82) is 0 Å². The van der Waals surface area contributed by atoms with Gasteiger partial charge in [-0.3, -0.25) is 0 Å². The second-order valence-corrected chi connectivity index (χ2v) is 20.6. The quantitative estimate of drug-likeness (QED) is 0.377. The Morgan fingerprint density at radius 3 is 1.65 bits per heavy atom. The smallest absolute Gasteiger partial charge is 0.196 e. The first-order chi connectivity index (χ1) is 11.3. The van der Waals surface area contributed by atoms with Crippen LogP contribution < -0.4 is 0 Å². The van der Waals surface area contributed by atoms with Gasteiger partial charge in [0.25, 0.3) is 0 Å². The van der Waals surface area contributed by atoms with Crippen molar-refractivity contribution in [3.05, 3.63) is 12.2 Å². The van der Waals surface area contributed by atoms with Gasteiger partial charge in [0.2, 0.25) is 0 Å². The Kier molecular flexibility index (Phi) is 6.59. The van der Waals surface area contributed by atoms with Crippen LogP contribution in [0.1, 0.15) is 60.8 Å². The molecule has 1 aliphatic carbocycles. The normalized spacial score (nSPS) is 25.5. The topological polar surface area (TPSA) is 58.9 Å². The Labute approximate surface area is 163 Å². The van der Waals surface area contributed by atoms with Crippen molar-refractivity contribution in [3.8, 4) is 0 Å². The van der Waals surface area contributed by atoms with Crippen LogP contribution in [0.4, 0.5) is 0 Å². The van der Waals surface area contributed by atoms with Crippen LogP contribution in [0.25, 0.3) is 0 Å². The average Bonchev–Trinajstić information content (AvgIpc) is 2.40. The van der Waals surface area contributed by atoms with Crippen molar-refractivity contribution >= 4 is 16.6 Å². The summed E-state index contributed by atoms with van der Waals surface area (Å²) >= 11 is 0. The zero-order valence-electron chi connectivity index (χ0n) is 18.7. The van der Waals surface area contributed by atoms with Crippen LogP contribution >= 0.6 is 0 Å². The zero-order valence-corrected chi connectivity index (χ0v) is 20.7. The number of rotatable bonds is 5. The van der Waals surface area contributed by atoms with Crippen molar-refractivity contribution < 1.29 is 19.1 Å². The van der Waals surface area contributed by atoms with Crippen LogP contribution in [-0.4, -0.2) is 44.8 Å². The summed E-state index contributed by atoms with van der Waals surface area (Å²) in [7, 11) is -4.39. The van der Waals surface area contributed by atoms with Crippen LogP contribution in [0.3, 0.4) is 0 Å². The molecule has 0 spiro atoms. The molecule has 6 heteroatoms. The van der Waals surface area contributed by atoms with Crippen LogP contribution in [-0.2, 0) is 8.85 Å². The van der Waals surface area contributed by atoms with Crippen molar-refractivity contribution in [3.63, 3.8) is 0 Å². The highest BCUT2D eigenvalue weighted by molar-refractivity contribution is 6.75. The van der Waals surface area contributed by atoms with Crippen LogP contribution in [0.2, 0.25) is 36.3 Å². The Hall–Kier alpha value is 0.0138. The Morgan fingerprint density at radius 1 is 0.962 bits per heavy atom. The van der Waals surface area contributed by atoms with Gasteiger partial charge in [-0.1, -0.05) is 48.1 Å². The minimum atomic E-state index is -2.20. The maximum atomic E-state index is 10.9. The first kappa shape index (κ1) is 24.1. The third kappa shape index (κ3) is 4.89. The summed E-state index contributed by atoms with van der Waals surface area (Å²) < 4.78 is 13.7. The molecule has 154 valence electrons. The monoisotopic (exact) mass is 402 g/mol. The van der Waals surface area contributed by atoms with E-state index >= 15 is 0 Å². The second-order valence-electron chi connectivity index (χ2n) is 11.1. The number of aliphatic hydroxyl groups excluding tert-OH is 1. The van der Waals surface area contributed by atoms with Gasteiger partial charge in [0.15, 0.2) is 22.4 Å². The fourth-order valence-corrected chi connectivity index (χ4v) is 5.58. The molecule has 1 saturated carbocycles. The molecule has 1 atom stereocenters. The summed E-state index contributed by atoms with van der Waals surface area (Å²) in [5, 5.41) is 20.7. The molecule has 1 aliphatic rings. The van der Waals surface area contributed by atoms with Gasteiger partial charge in [-0.25, -0.2) is 0 Å². The summed E-state index contributed by atoms with van der Waals surface area (Å²) in [4.78, 5) is 0. The number of hydrogen-bond acceptors (Lipinski definition) is 4. The number of aliphatic hydroxyl groups is 2. The van der Waals surface area contributed by atoms with E-state index in [1.54, 1.807) is 0 Å². The molecule has 26 heavy (non-hydrogen) atoms. The lowest BCUT2D eigenvalue weighted by molar-refractivity contribution is -0.177. The van der Waals surface area contributed by atoms with E-state index in [1.165, 1.54) is 0 Å². The molecule has 0 aromatic carbocycles. The summed E-state index contributed by atoms with van der Waals surface area (Å²) in [5.41, 5.74) is -0.295. The fraction of sp³-hybridized carbons (Fsp3) is 0.900. The molecule has 0 aromatic heterocycles. The third-order valence-corrected chi connectivity index (χ3v) is 15.6. The maximum Gasteiger partial charge on any atom is 0.196 e. The molecule has 4 nitrogen and oxygen atoms in total. The molecule has 1 unspecified atom stereocenters. The highest BCUT2D eigenvalue weighted by Crippen LogP contribution is 2.51. The van der Waals surface area contributed by atoms with Gasteiger partial charge in [-0.2, -0.15) is 0 Å². The van der Waals surface area contributed by atoms with Gasteiger partial charge in [0.05, 0.1) is 12.2 Å². The Balaban J connectivity index is 3.44. The molecule has 0 heterocycles. The molecule has 2 N–H and O–H groups in total. The van der Waals surface area contributed by atoms with Gasteiger partial charge in [-0.05, 0) is 54.7 Å². The van der Waals surface area contributed by atoms with Gasteiger partial charge >= 0.3 is 0 Å². The predicted octanol–water partition coefficient (Wildman–Crippen LogP) is 5.19.